The van der Waals surface area contributed by atoms with Gasteiger partial charge in [-0.1, -0.05) is 106 Å². The van der Waals surface area contributed by atoms with Crippen LogP contribution in [-0.4, -0.2) is 36.4 Å². The van der Waals surface area contributed by atoms with Gasteiger partial charge in [0.05, 0.1) is 6.10 Å². The minimum Gasteiger partial charge on any atom is -0.365 e. The molecule has 0 amide bonds. The quantitative estimate of drug-likeness (QED) is 0.310. The van der Waals surface area contributed by atoms with Gasteiger partial charge < -0.3 is 9.64 Å². The first-order valence-corrected chi connectivity index (χ1v) is 13.0. The van der Waals surface area contributed by atoms with Crippen molar-refractivity contribution in [2.24, 2.45) is 0 Å². The zero-order valence-electron chi connectivity index (χ0n) is 21.5. The highest BCUT2D eigenvalue weighted by Crippen LogP contribution is 2.32. The van der Waals surface area contributed by atoms with Crippen LogP contribution in [0.25, 0.3) is 0 Å². The van der Waals surface area contributed by atoms with Gasteiger partial charge in [-0.3, -0.25) is 4.79 Å². The fourth-order valence-corrected chi connectivity index (χ4v) is 4.83. The van der Waals surface area contributed by atoms with E-state index in [4.69, 9.17) is 4.74 Å². The Morgan fingerprint density at radius 3 is 2.03 bits per heavy atom. The number of rotatable bonds is 9. The van der Waals surface area contributed by atoms with E-state index in [1.54, 1.807) is 0 Å². The molecule has 1 aliphatic heterocycles. The van der Waals surface area contributed by atoms with Crippen LogP contribution in [-0.2, 0) is 10.2 Å². The molecule has 0 N–H and O–H groups in total. The van der Waals surface area contributed by atoms with Crippen LogP contribution in [0.4, 0.5) is 0 Å². The number of carbonyl (C=O) groups is 1. The summed E-state index contributed by atoms with van der Waals surface area (Å²) < 4.78 is 6.76. The number of carbonyl (C=O) groups excluding carboxylic acids is 1. The van der Waals surface area contributed by atoms with E-state index < -0.39 is 0 Å². The number of ketones is 1. The Hall–Kier alpha value is -2.75. The lowest BCUT2D eigenvalue weighted by Gasteiger charge is -2.34. The number of piperidine rings is 1. The molecule has 1 aliphatic rings. The highest BCUT2D eigenvalue weighted by Gasteiger charge is 2.25. The van der Waals surface area contributed by atoms with Gasteiger partial charge >= 0.3 is 0 Å². The van der Waals surface area contributed by atoms with E-state index in [1.807, 2.05) is 30.3 Å². The first-order chi connectivity index (χ1) is 16.9. The number of Topliss-reactive ketones (excluding diaryl/α,β-unsaturated/α-hetero) is 1. The topological polar surface area (TPSA) is 29.5 Å². The largest absolute Gasteiger partial charge is 0.365 e. The molecular weight excluding hydrogens is 430 g/mol. The van der Waals surface area contributed by atoms with Gasteiger partial charge in [-0.15, -0.1) is 0 Å². The Kier molecular flexibility index (Phi) is 8.54. The molecular formula is C32H39NO2. The third-order valence-electron chi connectivity index (χ3n) is 7.02. The molecule has 1 atom stereocenters. The van der Waals surface area contributed by atoms with Gasteiger partial charge in [0, 0.05) is 25.1 Å². The summed E-state index contributed by atoms with van der Waals surface area (Å²) in [6.45, 7) is 9.76. The number of hydrogen-bond donors (Lipinski definition) is 0. The summed E-state index contributed by atoms with van der Waals surface area (Å²) in [6.07, 6.45) is 3.76. The fraction of sp³-hybridized carbons (Fsp3) is 0.406. The van der Waals surface area contributed by atoms with Crippen molar-refractivity contribution in [3.05, 3.63) is 107 Å². The van der Waals surface area contributed by atoms with Crippen molar-refractivity contribution in [3.8, 4) is 0 Å². The zero-order valence-corrected chi connectivity index (χ0v) is 21.5. The lowest BCUT2D eigenvalue weighted by Crippen LogP contribution is -2.38. The highest BCUT2D eigenvalue weighted by molar-refractivity contribution is 5.95. The molecule has 3 aromatic carbocycles. The Labute approximate surface area is 211 Å². The number of benzene rings is 3. The van der Waals surface area contributed by atoms with Crippen molar-refractivity contribution in [2.75, 3.05) is 19.6 Å². The second kappa shape index (κ2) is 11.8. The normalized spacial score (nSPS) is 16.2. The Balaban J connectivity index is 1.31. The van der Waals surface area contributed by atoms with Gasteiger partial charge in [0.1, 0.15) is 6.10 Å². The van der Waals surface area contributed by atoms with E-state index in [-0.39, 0.29) is 23.4 Å². The summed E-state index contributed by atoms with van der Waals surface area (Å²) in [5.74, 6) is 0.243. The Morgan fingerprint density at radius 2 is 1.43 bits per heavy atom. The molecule has 1 saturated heterocycles. The van der Waals surface area contributed by atoms with Crippen molar-refractivity contribution in [1.29, 1.82) is 0 Å². The summed E-state index contributed by atoms with van der Waals surface area (Å²) in [6, 6.07) is 29.2. The van der Waals surface area contributed by atoms with E-state index in [0.717, 1.165) is 44.5 Å². The van der Waals surface area contributed by atoms with Crippen molar-refractivity contribution < 1.29 is 9.53 Å². The molecule has 0 saturated carbocycles. The lowest BCUT2D eigenvalue weighted by molar-refractivity contribution is -0.0270. The fourth-order valence-electron chi connectivity index (χ4n) is 4.83. The number of hydrogen-bond acceptors (Lipinski definition) is 3. The maximum Gasteiger partial charge on any atom is 0.162 e. The second-order valence-electron chi connectivity index (χ2n) is 10.7. The number of nitrogens with zero attached hydrogens (tertiary/aromatic N) is 1. The van der Waals surface area contributed by atoms with Crippen molar-refractivity contribution in [2.45, 2.75) is 64.1 Å². The van der Waals surface area contributed by atoms with E-state index in [0.29, 0.717) is 6.42 Å². The van der Waals surface area contributed by atoms with Crippen LogP contribution in [0.3, 0.4) is 0 Å². The summed E-state index contributed by atoms with van der Waals surface area (Å²) >= 11 is 0. The highest BCUT2D eigenvalue weighted by atomic mass is 16.5. The summed E-state index contributed by atoms with van der Waals surface area (Å²) in [4.78, 5) is 14.8. The van der Waals surface area contributed by atoms with Crippen LogP contribution in [0, 0.1) is 0 Å². The molecule has 0 bridgehead atoms. The summed E-state index contributed by atoms with van der Waals surface area (Å²) in [5, 5.41) is 0. The third kappa shape index (κ3) is 7.13. The van der Waals surface area contributed by atoms with Crippen molar-refractivity contribution in [1.82, 2.24) is 4.90 Å². The Bertz CT molecular complexity index is 1050. The predicted molar refractivity (Wildman–Crippen MR) is 144 cm³/mol. The minimum absolute atomic E-state index is 0.0507. The summed E-state index contributed by atoms with van der Waals surface area (Å²) in [5.41, 5.74) is 4.72. The average Bonchev–Trinajstić information content (AvgIpc) is 2.89. The van der Waals surface area contributed by atoms with Crippen LogP contribution >= 0.6 is 0 Å². The molecule has 1 unspecified atom stereocenters. The molecule has 3 aromatic rings. The average molecular weight is 470 g/mol. The lowest BCUT2D eigenvalue weighted by atomic mass is 9.86. The van der Waals surface area contributed by atoms with Crippen LogP contribution in [0.2, 0.25) is 0 Å². The van der Waals surface area contributed by atoms with Gasteiger partial charge in [0.15, 0.2) is 5.78 Å². The van der Waals surface area contributed by atoms with Crippen LogP contribution in [0.1, 0.15) is 79.6 Å². The zero-order chi connectivity index (χ0) is 24.7. The molecule has 1 heterocycles. The van der Waals surface area contributed by atoms with Crippen molar-refractivity contribution in [3.63, 3.8) is 0 Å². The smallest absolute Gasteiger partial charge is 0.162 e. The monoisotopic (exact) mass is 469 g/mol. The van der Waals surface area contributed by atoms with Crippen LogP contribution < -0.4 is 0 Å². The second-order valence-corrected chi connectivity index (χ2v) is 10.7. The first-order valence-electron chi connectivity index (χ1n) is 13.0. The molecule has 0 aliphatic carbocycles. The van der Waals surface area contributed by atoms with Gasteiger partial charge in [0.25, 0.3) is 0 Å². The predicted octanol–water partition coefficient (Wildman–Crippen LogP) is 7.22. The SMILES string of the molecule is CC(C)(C)c1ccc(C(OC2CCN(CCCC(=O)c3ccccc3)CC2)c2ccccc2)cc1. The number of likely N-dealkylation sites (tertiary alicyclic amines) is 1. The number of ether oxygens (including phenoxy) is 1. The molecule has 3 heteroatoms. The van der Waals surface area contributed by atoms with E-state index in [1.165, 1.54) is 16.7 Å². The molecule has 0 aromatic heterocycles. The molecule has 184 valence electrons. The first kappa shape index (κ1) is 25.3. The van der Waals surface area contributed by atoms with E-state index >= 15 is 0 Å². The maximum absolute atomic E-state index is 12.4. The standard InChI is InChI=1S/C32H39NO2/c1-32(2,3)28-18-16-27(17-19-28)31(26-13-8-5-9-14-26)35-29-20-23-33(24-21-29)22-10-15-30(34)25-11-6-4-7-12-25/h4-9,11-14,16-19,29,31H,10,15,20-24H2,1-3H3. The third-order valence-corrected chi connectivity index (χ3v) is 7.02. The Morgan fingerprint density at radius 1 is 0.857 bits per heavy atom. The van der Waals surface area contributed by atoms with E-state index in [9.17, 15) is 4.79 Å². The van der Waals surface area contributed by atoms with Gasteiger partial charge in [-0.2, -0.15) is 0 Å². The van der Waals surface area contributed by atoms with Gasteiger partial charge in [-0.25, -0.2) is 0 Å². The molecule has 4 rings (SSSR count). The minimum atomic E-state index is -0.0507. The summed E-state index contributed by atoms with van der Waals surface area (Å²) in [7, 11) is 0. The van der Waals surface area contributed by atoms with E-state index in [2.05, 4.69) is 80.3 Å². The maximum atomic E-state index is 12.4. The molecule has 3 nitrogen and oxygen atoms in total. The van der Waals surface area contributed by atoms with Crippen LogP contribution in [0.15, 0.2) is 84.9 Å². The molecule has 0 radical (unpaired) electrons. The molecule has 0 spiro atoms. The van der Waals surface area contributed by atoms with Gasteiger partial charge in [0.2, 0.25) is 0 Å². The molecule has 35 heavy (non-hydrogen) atoms. The van der Waals surface area contributed by atoms with Gasteiger partial charge in [-0.05, 0) is 47.9 Å². The van der Waals surface area contributed by atoms with Crippen LogP contribution in [0.5, 0.6) is 0 Å². The molecule has 1 fully saturated rings. The van der Waals surface area contributed by atoms with Crippen molar-refractivity contribution >= 4 is 5.78 Å².